The Morgan fingerprint density at radius 3 is 2.21 bits per heavy atom. The summed E-state index contributed by atoms with van der Waals surface area (Å²) in [4.78, 5) is 13.7. The van der Waals surface area contributed by atoms with Crippen molar-refractivity contribution in [2.45, 2.75) is 53.1 Å². The van der Waals surface area contributed by atoms with Gasteiger partial charge in [-0.2, -0.15) is 0 Å². The number of amides is 1. The van der Waals surface area contributed by atoms with Gasteiger partial charge in [-0.1, -0.05) is 6.92 Å². The lowest BCUT2D eigenvalue weighted by atomic mass is 10.1. The van der Waals surface area contributed by atoms with E-state index in [9.17, 15) is 4.79 Å². The minimum absolute atomic E-state index is 0.126. The summed E-state index contributed by atoms with van der Waals surface area (Å²) in [7, 11) is 0. The standard InChI is InChI=1S/C11H24N2O/c1-6-10(5)13(9(3)4)8-11(14)12-7-2/h9-10H,6-8H2,1-5H3,(H,12,14). The van der Waals surface area contributed by atoms with E-state index in [1.807, 2.05) is 6.92 Å². The molecule has 0 fully saturated rings. The number of nitrogens with zero attached hydrogens (tertiary/aromatic N) is 1. The zero-order chi connectivity index (χ0) is 11.1. The molecule has 0 heterocycles. The first kappa shape index (κ1) is 13.4. The molecule has 0 saturated heterocycles. The summed E-state index contributed by atoms with van der Waals surface area (Å²) in [5, 5.41) is 2.83. The van der Waals surface area contributed by atoms with E-state index in [1.165, 1.54) is 0 Å². The predicted molar refractivity (Wildman–Crippen MR) is 60.3 cm³/mol. The molecule has 1 N–H and O–H groups in total. The highest BCUT2D eigenvalue weighted by Gasteiger charge is 2.18. The second-order valence-corrected chi connectivity index (χ2v) is 3.98. The van der Waals surface area contributed by atoms with Crippen molar-refractivity contribution in [1.29, 1.82) is 0 Å². The van der Waals surface area contributed by atoms with Crippen molar-refractivity contribution in [3.8, 4) is 0 Å². The van der Waals surface area contributed by atoms with Crippen LogP contribution in [0, 0.1) is 0 Å². The van der Waals surface area contributed by atoms with Gasteiger partial charge in [-0.15, -0.1) is 0 Å². The minimum Gasteiger partial charge on any atom is -0.355 e. The molecule has 1 amide bonds. The lowest BCUT2D eigenvalue weighted by molar-refractivity contribution is -0.123. The van der Waals surface area contributed by atoms with Gasteiger partial charge in [-0.25, -0.2) is 0 Å². The summed E-state index contributed by atoms with van der Waals surface area (Å²) >= 11 is 0. The molecule has 0 saturated carbocycles. The maximum atomic E-state index is 11.4. The Labute approximate surface area is 87.9 Å². The molecule has 0 aromatic rings. The highest BCUT2D eigenvalue weighted by atomic mass is 16.2. The minimum atomic E-state index is 0.126. The van der Waals surface area contributed by atoms with E-state index in [1.54, 1.807) is 0 Å². The van der Waals surface area contributed by atoms with Crippen LogP contribution in [0.4, 0.5) is 0 Å². The second kappa shape index (κ2) is 6.82. The molecule has 14 heavy (non-hydrogen) atoms. The molecule has 3 nitrogen and oxygen atoms in total. The first-order valence-corrected chi connectivity index (χ1v) is 5.55. The van der Waals surface area contributed by atoms with Gasteiger partial charge in [-0.05, 0) is 34.1 Å². The fourth-order valence-electron chi connectivity index (χ4n) is 1.50. The smallest absolute Gasteiger partial charge is 0.234 e. The van der Waals surface area contributed by atoms with Crippen molar-refractivity contribution in [2.24, 2.45) is 0 Å². The molecule has 0 radical (unpaired) electrons. The summed E-state index contributed by atoms with van der Waals surface area (Å²) in [6.07, 6.45) is 1.08. The van der Waals surface area contributed by atoms with E-state index < -0.39 is 0 Å². The summed E-state index contributed by atoms with van der Waals surface area (Å²) in [5.74, 6) is 0.126. The van der Waals surface area contributed by atoms with E-state index in [2.05, 4.69) is 37.9 Å². The molecule has 0 spiro atoms. The van der Waals surface area contributed by atoms with Crippen LogP contribution in [0.3, 0.4) is 0 Å². The van der Waals surface area contributed by atoms with Gasteiger partial charge < -0.3 is 5.32 Å². The van der Waals surface area contributed by atoms with Crippen LogP contribution in [-0.2, 0) is 4.79 Å². The van der Waals surface area contributed by atoms with Gasteiger partial charge in [-0.3, -0.25) is 9.69 Å². The third kappa shape index (κ3) is 4.61. The number of nitrogens with one attached hydrogen (secondary N) is 1. The monoisotopic (exact) mass is 200 g/mol. The van der Waals surface area contributed by atoms with Crippen LogP contribution in [0.25, 0.3) is 0 Å². The van der Waals surface area contributed by atoms with Gasteiger partial charge in [0.25, 0.3) is 0 Å². The fourth-order valence-corrected chi connectivity index (χ4v) is 1.50. The number of hydrogen-bond acceptors (Lipinski definition) is 2. The van der Waals surface area contributed by atoms with E-state index in [0.29, 0.717) is 25.2 Å². The number of carbonyl (C=O) groups is 1. The van der Waals surface area contributed by atoms with Gasteiger partial charge in [0.15, 0.2) is 0 Å². The largest absolute Gasteiger partial charge is 0.355 e. The van der Waals surface area contributed by atoms with Crippen LogP contribution < -0.4 is 5.32 Å². The van der Waals surface area contributed by atoms with Crippen LogP contribution in [0.2, 0.25) is 0 Å². The summed E-state index contributed by atoms with van der Waals surface area (Å²) in [6, 6.07) is 0.894. The highest BCUT2D eigenvalue weighted by Crippen LogP contribution is 2.07. The zero-order valence-electron chi connectivity index (χ0n) is 10.1. The van der Waals surface area contributed by atoms with Crippen LogP contribution >= 0.6 is 0 Å². The molecule has 0 bridgehead atoms. The summed E-state index contributed by atoms with van der Waals surface area (Å²) < 4.78 is 0. The Morgan fingerprint density at radius 1 is 1.29 bits per heavy atom. The molecule has 0 aliphatic carbocycles. The first-order valence-electron chi connectivity index (χ1n) is 5.55. The van der Waals surface area contributed by atoms with E-state index >= 15 is 0 Å². The van der Waals surface area contributed by atoms with Gasteiger partial charge in [0.2, 0.25) is 5.91 Å². The van der Waals surface area contributed by atoms with Gasteiger partial charge >= 0.3 is 0 Å². The Kier molecular flexibility index (Phi) is 6.54. The summed E-state index contributed by atoms with van der Waals surface area (Å²) in [5.41, 5.74) is 0. The van der Waals surface area contributed by atoms with E-state index in [-0.39, 0.29) is 5.91 Å². The number of likely N-dealkylation sites (N-methyl/N-ethyl adjacent to an activating group) is 1. The lowest BCUT2D eigenvalue weighted by Crippen LogP contribution is -2.45. The third-order valence-electron chi connectivity index (χ3n) is 2.52. The molecule has 0 aromatic heterocycles. The van der Waals surface area contributed by atoms with Crippen LogP contribution in [-0.4, -0.2) is 36.0 Å². The molecule has 1 unspecified atom stereocenters. The molecule has 84 valence electrons. The number of carbonyl (C=O) groups excluding carboxylic acids is 1. The Balaban J connectivity index is 4.16. The second-order valence-electron chi connectivity index (χ2n) is 3.98. The highest BCUT2D eigenvalue weighted by molar-refractivity contribution is 5.78. The van der Waals surface area contributed by atoms with Gasteiger partial charge in [0, 0.05) is 18.6 Å². The third-order valence-corrected chi connectivity index (χ3v) is 2.52. The average Bonchev–Trinajstić information content (AvgIpc) is 2.13. The molecule has 3 heteroatoms. The Bertz CT molecular complexity index is 169. The normalized spacial score (nSPS) is 13.4. The first-order chi connectivity index (χ1) is 6.52. The topological polar surface area (TPSA) is 32.3 Å². The van der Waals surface area contributed by atoms with E-state index in [4.69, 9.17) is 0 Å². The maximum Gasteiger partial charge on any atom is 0.234 e. The van der Waals surface area contributed by atoms with Gasteiger partial charge in [0.1, 0.15) is 0 Å². The quantitative estimate of drug-likeness (QED) is 0.707. The molecule has 0 rings (SSSR count). The molecular weight excluding hydrogens is 176 g/mol. The lowest BCUT2D eigenvalue weighted by Gasteiger charge is -2.31. The van der Waals surface area contributed by atoms with Crippen molar-refractivity contribution in [3.63, 3.8) is 0 Å². The molecule has 0 aliphatic rings. The predicted octanol–water partition coefficient (Wildman–Crippen LogP) is 1.63. The zero-order valence-corrected chi connectivity index (χ0v) is 10.1. The van der Waals surface area contributed by atoms with Crippen molar-refractivity contribution in [2.75, 3.05) is 13.1 Å². The van der Waals surface area contributed by atoms with Crippen LogP contribution in [0.5, 0.6) is 0 Å². The SMILES string of the molecule is CCNC(=O)CN(C(C)C)C(C)CC. The molecule has 0 aliphatic heterocycles. The number of rotatable bonds is 6. The van der Waals surface area contributed by atoms with Crippen LogP contribution in [0.15, 0.2) is 0 Å². The summed E-state index contributed by atoms with van der Waals surface area (Å²) in [6.45, 7) is 11.8. The molecule has 1 atom stereocenters. The van der Waals surface area contributed by atoms with Crippen molar-refractivity contribution in [1.82, 2.24) is 10.2 Å². The number of hydrogen-bond donors (Lipinski definition) is 1. The Hall–Kier alpha value is -0.570. The van der Waals surface area contributed by atoms with Crippen molar-refractivity contribution < 1.29 is 4.79 Å². The average molecular weight is 200 g/mol. The molecular formula is C11H24N2O. The van der Waals surface area contributed by atoms with Gasteiger partial charge in [0.05, 0.1) is 6.54 Å². The maximum absolute atomic E-state index is 11.4. The molecule has 0 aromatic carbocycles. The van der Waals surface area contributed by atoms with Crippen LogP contribution in [0.1, 0.15) is 41.0 Å². The fraction of sp³-hybridized carbons (Fsp3) is 0.909. The van der Waals surface area contributed by atoms with Crippen molar-refractivity contribution >= 4 is 5.91 Å². The van der Waals surface area contributed by atoms with E-state index in [0.717, 1.165) is 6.42 Å². The van der Waals surface area contributed by atoms with Crippen molar-refractivity contribution in [3.05, 3.63) is 0 Å². The Morgan fingerprint density at radius 2 is 1.86 bits per heavy atom.